The fourth-order valence-electron chi connectivity index (χ4n) is 5.86. The van der Waals surface area contributed by atoms with Gasteiger partial charge >= 0.3 is 6.03 Å². The quantitative estimate of drug-likeness (QED) is 0.266. The van der Waals surface area contributed by atoms with E-state index in [0.29, 0.717) is 62.0 Å². The molecule has 0 aliphatic carbocycles. The summed E-state index contributed by atoms with van der Waals surface area (Å²) < 4.78 is 15.6. The molecule has 240 valence electrons. The maximum atomic E-state index is 15.6. The second-order valence-corrected chi connectivity index (χ2v) is 12.1. The fraction of sp³-hybridized carbons (Fsp3) is 0.429. The predicted molar refractivity (Wildman–Crippen MR) is 178 cm³/mol. The molecule has 0 spiro atoms. The van der Waals surface area contributed by atoms with E-state index in [4.69, 9.17) is 16.6 Å². The van der Waals surface area contributed by atoms with Crippen molar-refractivity contribution in [3.63, 3.8) is 0 Å². The number of anilines is 2. The summed E-state index contributed by atoms with van der Waals surface area (Å²) in [6.45, 7) is 9.66. The van der Waals surface area contributed by atoms with Crippen molar-refractivity contribution in [1.29, 1.82) is 0 Å². The van der Waals surface area contributed by atoms with Crippen LogP contribution in [0.3, 0.4) is 0 Å². The predicted octanol–water partition coefficient (Wildman–Crippen LogP) is 8.40. The van der Waals surface area contributed by atoms with Crippen LogP contribution in [-0.2, 0) is 9.59 Å². The maximum absolute atomic E-state index is 15.6. The highest BCUT2D eigenvalue weighted by Gasteiger charge is 2.35. The Labute approximate surface area is 270 Å². The number of urea groups is 1. The lowest BCUT2D eigenvalue weighted by Gasteiger charge is -2.39. The molecule has 3 N–H and O–H groups in total. The van der Waals surface area contributed by atoms with E-state index in [1.807, 2.05) is 45.0 Å². The largest absolute Gasteiger partial charge is 0.331 e. The molecule has 1 saturated heterocycles. The first kappa shape index (κ1) is 33.9. The molecule has 2 unspecified atom stereocenters. The highest BCUT2D eigenvalue weighted by atomic mass is 35.5. The average Bonchev–Trinajstić information content (AvgIpc) is 3.03. The van der Waals surface area contributed by atoms with Gasteiger partial charge < -0.3 is 20.9 Å². The van der Waals surface area contributed by atoms with E-state index in [-0.39, 0.29) is 34.8 Å². The molecular formula is C35H43ClFN5O3. The van der Waals surface area contributed by atoms with Gasteiger partial charge in [0.2, 0.25) is 11.8 Å². The number of carbonyl (C=O) groups excluding carboxylic acids is 3. The zero-order chi connectivity index (χ0) is 32.7. The normalized spacial score (nSPS) is 21.8. The zero-order valence-corrected chi connectivity index (χ0v) is 27.4. The Morgan fingerprint density at radius 3 is 2.62 bits per heavy atom. The van der Waals surface area contributed by atoms with Crippen LogP contribution in [-0.4, -0.2) is 40.3 Å². The average molecular weight is 636 g/mol. The van der Waals surface area contributed by atoms with Crippen LogP contribution >= 0.6 is 11.6 Å². The number of aromatic nitrogens is 1. The number of nitrogens with one attached hydrogen (secondary N) is 3. The Morgan fingerprint density at radius 2 is 1.93 bits per heavy atom. The maximum Gasteiger partial charge on any atom is 0.318 e. The van der Waals surface area contributed by atoms with Crippen molar-refractivity contribution in [2.24, 2.45) is 5.92 Å². The van der Waals surface area contributed by atoms with Crippen molar-refractivity contribution in [2.75, 3.05) is 17.2 Å². The Hall–Kier alpha value is -3.98. The SMILES string of the molecule is C\C=C/C(Cl)=C(F)\C(=C(\C)CC)C1CCN(C2CCC[C@H](C)C(=O)Nc3cc(NC(=O)CC)ccc3-c3ccnc2c3)C(=O)N1. The Kier molecular flexibility index (Phi) is 11.6. The van der Waals surface area contributed by atoms with E-state index in [9.17, 15) is 14.4 Å². The molecule has 45 heavy (non-hydrogen) atoms. The number of amides is 4. The summed E-state index contributed by atoms with van der Waals surface area (Å²) in [5, 5.41) is 9.00. The molecule has 4 rings (SSSR count). The number of pyridine rings is 1. The van der Waals surface area contributed by atoms with Gasteiger partial charge in [0.25, 0.3) is 0 Å². The second kappa shape index (κ2) is 15.3. The highest BCUT2D eigenvalue weighted by Crippen LogP contribution is 2.37. The number of hydrogen-bond acceptors (Lipinski definition) is 4. The second-order valence-electron chi connectivity index (χ2n) is 11.7. The van der Waals surface area contributed by atoms with E-state index in [0.717, 1.165) is 22.4 Å². The van der Waals surface area contributed by atoms with Gasteiger partial charge in [-0.05, 0) is 75.4 Å². The van der Waals surface area contributed by atoms with Crippen molar-refractivity contribution >= 4 is 40.8 Å². The Bertz CT molecular complexity index is 1530. The molecule has 1 aromatic carbocycles. The van der Waals surface area contributed by atoms with Gasteiger partial charge in [-0.15, -0.1) is 0 Å². The third-order valence-corrected chi connectivity index (χ3v) is 8.86. The van der Waals surface area contributed by atoms with Crippen LogP contribution in [0.1, 0.15) is 84.9 Å². The molecule has 10 heteroatoms. The molecular weight excluding hydrogens is 593 g/mol. The van der Waals surface area contributed by atoms with Crippen molar-refractivity contribution in [2.45, 2.75) is 85.2 Å². The first-order valence-electron chi connectivity index (χ1n) is 15.7. The first-order valence-corrected chi connectivity index (χ1v) is 16.1. The van der Waals surface area contributed by atoms with E-state index in [1.54, 1.807) is 37.1 Å². The van der Waals surface area contributed by atoms with Gasteiger partial charge in [-0.2, -0.15) is 0 Å². The topological polar surface area (TPSA) is 103 Å². The minimum Gasteiger partial charge on any atom is -0.331 e. The summed E-state index contributed by atoms with van der Waals surface area (Å²) in [4.78, 5) is 45.5. The smallest absolute Gasteiger partial charge is 0.318 e. The monoisotopic (exact) mass is 635 g/mol. The van der Waals surface area contributed by atoms with Gasteiger partial charge in [0.05, 0.1) is 28.5 Å². The van der Waals surface area contributed by atoms with Crippen LogP contribution < -0.4 is 16.0 Å². The van der Waals surface area contributed by atoms with Gasteiger partial charge in [-0.25, -0.2) is 9.18 Å². The van der Waals surface area contributed by atoms with E-state index >= 15 is 4.39 Å². The van der Waals surface area contributed by atoms with Crippen LogP contribution in [0.4, 0.5) is 20.6 Å². The van der Waals surface area contributed by atoms with Gasteiger partial charge in [0.1, 0.15) is 5.83 Å². The number of fused-ring (bicyclic) bond motifs is 4. The lowest BCUT2D eigenvalue weighted by Crippen LogP contribution is -2.53. The van der Waals surface area contributed by atoms with Gasteiger partial charge in [0.15, 0.2) is 0 Å². The Morgan fingerprint density at radius 1 is 1.16 bits per heavy atom. The molecule has 0 radical (unpaired) electrons. The summed E-state index contributed by atoms with van der Waals surface area (Å²) in [6.07, 6.45) is 8.28. The fourth-order valence-corrected chi connectivity index (χ4v) is 6.08. The van der Waals surface area contributed by atoms with Crippen LogP contribution in [0.15, 0.2) is 70.7 Å². The number of allylic oxidation sites excluding steroid dienone is 4. The summed E-state index contributed by atoms with van der Waals surface area (Å²) >= 11 is 6.26. The van der Waals surface area contributed by atoms with Gasteiger partial charge in [0, 0.05) is 41.9 Å². The van der Waals surface area contributed by atoms with Crippen LogP contribution in [0, 0.1) is 5.92 Å². The van der Waals surface area contributed by atoms with Crippen LogP contribution in [0.25, 0.3) is 11.1 Å². The minimum absolute atomic E-state index is 0.00983. The standard InChI is InChI=1S/C35H43ClFN5O3/c1-6-10-26(36)33(37)32(21(4)7-2)27-16-18-42(35(45)41-27)30-12-9-11-22(5)34(44)40-28-20-24(39-31(43)8-3)13-14-25(28)23-15-17-38-29(30)19-23/h6,10,13-15,17,19-20,22,27,30H,7-9,11-12,16,18H2,1-5H3,(H,39,43)(H,40,44)(H,41,45)/b10-6-,32-21-,33-26-/t22-,27?,30?/m0/s1. The molecule has 2 aliphatic rings. The van der Waals surface area contributed by atoms with E-state index in [1.165, 1.54) is 6.08 Å². The van der Waals surface area contributed by atoms with Crippen LogP contribution in [0.2, 0.25) is 0 Å². The highest BCUT2D eigenvalue weighted by molar-refractivity contribution is 6.31. The molecule has 3 heterocycles. The first-order chi connectivity index (χ1) is 21.6. The van der Waals surface area contributed by atoms with E-state index in [2.05, 4.69) is 16.0 Å². The summed E-state index contributed by atoms with van der Waals surface area (Å²) in [7, 11) is 0. The number of rotatable bonds is 7. The molecule has 2 aromatic rings. The van der Waals surface area contributed by atoms with Crippen molar-refractivity contribution in [1.82, 2.24) is 15.2 Å². The summed E-state index contributed by atoms with van der Waals surface area (Å²) in [6, 6.07) is 8.11. The number of carbonyl (C=O) groups is 3. The number of halogens is 2. The molecule has 4 amide bonds. The number of hydrogen-bond donors (Lipinski definition) is 3. The molecule has 0 saturated carbocycles. The van der Waals surface area contributed by atoms with Crippen molar-refractivity contribution in [3.05, 3.63) is 76.4 Å². The molecule has 1 aromatic heterocycles. The number of nitrogens with zero attached hydrogens (tertiary/aromatic N) is 2. The lowest BCUT2D eigenvalue weighted by molar-refractivity contribution is -0.119. The third kappa shape index (κ3) is 8.00. The summed E-state index contributed by atoms with van der Waals surface area (Å²) in [5.74, 6) is -1.03. The van der Waals surface area contributed by atoms with Crippen molar-refractivity contribution in [3.8, 4) is 11.1 Å². The Balaban J connectivity index is 1.69. The lowest BCUT2D eigenvalue weighted by atomic mass is 9.92. The molecule has 1 fully saturated rings. The van der Waals surface area contributed by atoms with Gasteiger partial charge in [-0.3, -0.25) is 14.6 Å². The zero-order valence-electron chi connectivity index (χ0n) is 26.7. The number of benzene rings is 1. The molecule has 2 aliphatic heterocycles. The summed E-state index contributed by atoms with van der Waals surface area (Å²) in [5.41, 5.74) is 4.78. The minimum atomic E-state index is -0.517. The van der Waals surface area contributed by atoms with E-state index < -0.39 is 11.9 Å². The molecule has 2 bridgehead atoms. The molecule has 8 nitrogen and oxygen atoms in total. The third-order valence-electron chi connectivity index (χ3n) is 8.57. The van der Waals surface area contributed by atoms with Crippen molar-refractivity contribution < 1.29 is 18.8 Å². The van der Waals surface area contributed by atoms with Gasteiger partial charge in [-0.1, -0.05) is 56.5 Å². The molecule has 3 atom stereocenters. The van der Waals surface area contributed by atoms with Crippen LogP contribution in [0.5, 0.6) is 0 Å².